The maximum atomic E-state index is 11.7. The Balaban J connectivity index is -0.000000353. The van der Waals surface area contributed by atoms with E-state index in [0.29, 0.717) is 0 Å². The van der Waals surface area contributed by atoms with Crippen LogP contribution in [0.2, 0.25) is 0 Å². The van der Waals surface area contributed by atoms with Crippen LogP contribution in [0.3, 0.4) is 0 Å². The van der Waals surface area contributed by atoms with E-state index < -0.39 is 36.5 Å². The largest absolute Gasteiger partial charge is 0.541 e. The van der Waals surface area contributed by atoms with Crippen molar-refractivity contribution in [2.24, 2.45) is 0 Å². The molecule has 0 heterocycles. The van der Waals surface area contributed by atoms with Crippen LogP contribution < -0.4 is 10.6 Å². The molecule has 2 N–H and O–H groups in total. The van der Waals surface area contributed by atoms with Gasteiger partial charge in [0, 0.05) is 43.8 Å². The zero-order chi connectivity index (χ0) is 17.4. The Morgan fingerprint density at radius 3 is 1.46 bits per heavy atom. The quantitative estimate of drug-likeness (QED) is 0.485. The summed E-state index contributed by atoms with van der Waals surface area (Å²) >= 11 is 0. The molecule has 1 radical (unpaired) electrons. The predicted octanol–water partition coefficient (Wildman–Crippen LogP) is 2.22. The summed E-state index contributed by atoms with van der Waals surface area (Å²) in [6.07, 6.45) is 0.405. The van der Waals surface area contributed by atoms with Crippen molar-refractivity contribution in [2.45, 2.75) is 49.5 Å². The van der Waals surface area contributed by atoms with E-state index in [1.807, 2.05) is 10.6 Å². The topological polar surface area (TPSA) is 126 Å². The number of ketones is 1. The van der Waals surface area contributed by atoms with E-state index in [1.165, 1.54) is 37.5 Å². The Labute approximate surface area is 192 Å². The molecule has 0 saturated carbocycles. The van der Waals surface area contributed by atoms with Crippen LogP contribution in [0.5, 0.6) is 0 Å². The molecular weight excluding hydrogens is 441 g/mol. The normalized spacial score (nSPS) is 7.89. The van der Waals surface area contributed by atoms with E-state index in [4.69, 9.17) is 0 Å². The van der Waals surface area contributed by atoms with Gasteiger partial charge in [-0.05, 0) is 31.2 Å². The van der Waals surface area contributed by atoms with Gasteiger partial charge in [0.05, 0.1) is 6.42 Å². The molecule has 0 spiro atoms. The summed E-state index contributed by atoms with van der Waals surface area (Å²) in [6, 6.07) is 5.11. The molecule has 0 aromatic heterocycles. The first-order valence-corrected chi connectivity index (χ1v) is 6.46. The molecule has 0 fully saturated rings. The average molecular weight is 470 g/mol. The van der Waals surface area contributed by atoms with Crippen LogP contribution in [0.25, 0.3) is 0 Å². The van der Waals surface area contributed by atoms with Crippen molar-refractivity contribution in [3.8, 4) is 0 Å². The van der Waals surface area contributed by atoms with Gasteiger partial charge in [0.25, 0.3) is 11.8 Å². The zero-order valence-corrected chi connectivity index (χ0v) is 15.6. The van der Waals surface area contributed by atoms with Gasteiger partial charge in [0.15, 0.2) is 5.91 Å². The summed E-state index contributed by atoms with van der Waals surface area (Å²) in [7, 11) is 0. The Morgan fingerprint density at radius 2 is 1.14 bits per heavy atom. The molecule has 0 bridgehead atoms. The van der Waals surface area contributed by atoms with E-state index in [-0.39, 0.29) is 79.3 Å². The summed E-state index contributed by atoms with van der Waals surface area (Å²) in [5, 5.41) is 4.00. The number of carbonyl (C=O) groups excluding carboxylic acids is 6. The van der Waals surface area contributed by atoms with Crippen LogP contribution >= 0.6 is 0 Å². The minimum absolute atomic E-state index is 0. The fourth-order valence-electron chi connectivity index (χ4n) is 1.55. The molecule has 9 heteroatoms. The van der Waals surface area contributed by atoms with Crippen molar-refractivity contribution in [1.82, 2.24) is 10.6 Å². The molecule has 0 aliphatic heterocycles. The fraction of sp³-hybridized carbons (Fsp3) is 0.368. The van der Waals surface area contributed by atoms with Gasteiger partial charge in [0.2, 0.25) is 5.91 Å². The summed E-state index contributed by atoms with van der Waals surface area (Å²) in [6.45, 7) is 1.22. The Hall–Kier alpha value is -2.06. The van der Waals surface area contributed by atoms with Crippen LogP contribution in [-0.2, 0) is 51.9 Å². The number of hydrogen-bond donors (Lipinski definition) is 2. The molecule has 1 aromatic carbocycles. The third-order valence-corrected chi connectivity index (χ3v) is 2.56. The molecule has 0 saturated heterocycles. The summed E-state index contributed by atoms with van der Waals surface area (Å²) < 4.78 is 0. The number of carbonyl (C=O) groups is 5. The van der Waals surface area contributed by atoms with Crippen LogP contribution in [0.1, 0.15) is 70.2 Å². The van der Waals surface area contributed by atoms with Gasteiger partial charge in [-0.15, -0.1) is 0 Å². The second-order valence-corrected chi connectivity index (χ2v) is 4.53. The second-order valence-electron chi connectivity index (χ2n) is 4.53. The number of Topliss-reactive ketones (excluding diaryl/α,β-unsaturated/α-hetero) is 1. The standard InChI is InChI=1S/C15H13N2O6.4CH4.Y/c1-9(19)8-13(21)17-15(23)11-4-2-10(3-5-11)14(22)16-12(20)6-7-18;;;;;/h2-5H,6,8H2,1H3,(H,16,20,22)(H,17,21,23);4*1H4;/q-1;;;;;. The molecule has 4 amide bonds. The van der Waals surface area contributed by atoms with E-state index in [0.717, 1.165) is 0 Å². The number of hydrogen-bond acceptors (Lipinski definition) is 6. The molecule has 0 aliphatic carbocycles. The molecule has 1 aromatic rings. The van der Waals surface area contributed by atoms with Crippen LogP contribution in [0, 0.1) is 0 Å². The van der Waals surface area contributed by atoms with Crippen LogP contribution in [-0.4, -0.2) is 35.7 Å². The summed E-state index contributed by atoms with van der Waals surface area (Å²) in [5.41, 5.74) is 0.196. The van der Waals surface area contributed by atoms with Crippen molar-refractivity contribution in [3.05, 3.63) is 35.4 Å². The third-order valence-electron chi connectivity index (χ3n) is 2.56. The van der Waals surface area contributed by atoms with E-state index in [9.17, 15) is 28.8 Å². The SMILES string of the molecule is C.C.C.C.CC(=O)CC(=O)NC(=O)c1ccc(C(=O)NC(=O)C[C-]=O)cc1.[Y]. The van der Waals surface area contributed by atoms with Gasteiger partial charge in [-0.2, -0.15) is 0 Å². The van der Waals surface area contributed by atoms with Gasteiger partial charge in [-0.3, -0.25) is 40.9 Å². The molecule has 28 heavy (non-hydrogen) atoms. The molecular formula is C19H29N2O6Y-. The van der Waals surface area contributed by atoms with Crippen molar-refractivity contribution < 1.29 is 61.5 Å². The van der Waals surface area contributed by atoms with Gasteiger partial charge < -0.3 is 4.79 Å². The van der Waals surface area contributed by atoms with Crippen LogP contribution in [0.15, 0.2) is 24.3 Å². The number of amides is 4. The number of rotatable bonds is 6. The van der Waals surface area contributed by atoms with Crippen molar-refractivity contribution >= 4 is 35.7 Å². The van der Waals surface area contributed by atoms with Gasteiger partial charge in [-0.1, -0.05) is 36.1 Å². The third kappa shape index (κ3) is 13.2. The number of benzene rings is 1. The molecule has 1 rings (SSSR count). The van der Waals surface area contributed by atoms with Gasteiger partial charge in [0.1, 0.15) is 5.78 Å². The van der Waals surface area contributed by atoms with E-state index >= 15 is 0 Å². The molecule has 8 nitrogen and oxygen atoms in total. The molecule has 0 aliphatic rings. The Morgan fingerprint density at radius 1 is 0.786 bits per heavy atom. The Bertz CT molecular complexity index is 672. The summed E-state index contributed by atoms with van der Waals surface area (Å²) in [4.78, 5) is 66.6. The van der Waals surface area contributed by atoms with E-state index in [2.05, 4.69) is 0 Å². The Kier molecular flexibility index (Phi) is 24.1. The first-order chi connectivity index (χ1) is 10.8. The van der Waals surface area contributed by atoms with Crippen molar-refractivity contribution in [1.29, 1.82) is 0 Å². The number of imide groups is 2. The smallest absolute Gasteiger partial charge is 0.257 e. The van der Waals surface area contributed by atoms with Gasteiger partial charge >= 0.3 is 0 Å². The minimum atomic E-state index is -0.790. The van der Waals surface area contributed by atoms with Crippen molar-refractivity contribution in [2.75, 3.05) is 0 Å². The van der Waals surface area contributed by atoms with Gasteiger partial charge in [-0.25, -0.2) is 0 Å². The monoisotopic (exact) mass is 470 g/mol. The van der Waals surface area contributed by atoms with Crippen LogP contribution in [0.4, 0.5) is 0 Å². The maximum absolute atomic E-state index is 11.7. The second kappa shape index (κ2) is 18.3. The fourth-order valence-corrected chi connectivity index (χ4v) is 1.55. The number of nitrogens with one attached hydrogen (secondary N) is 2. The maximum Gasteiger partial charge on any atom is 0.257 e. The first-order valence-electron chi connectivity index (χ1n) is 6.46. The average Bonchev–Trinajstić information content (AvgIpc) is 2.46. The minimum Gasteiger partial charge on any atom is -0.541 e. The molecule has 0 atom stereocenters. The zero-order valence-electron chi connectivity index (χ0n) is 12.8. The summed E-state index contributed by atoms with van der Waals surface area (Å²) in [5.74, 6) is -3.33. The molecule has 155 valence electrons. The van der Waals surface area contributed by atoms with E-state index in [1.54, 1.807) is 0 Å². The van der Waals surface area contributed by atoms with Crippen molar-refractivity contribution in [3.63, 3.8) is 0 Å². The first kappa shape index (κ1) is 36.8. The molecule has 0 unspecified atom stereocenters. The predicted molar refractivity (Wildman–Crippen MR) is 104 cm³/mol.